The summed E-state index contributed by atoms with van der Waals surface area (Å²) < 4.78 is 6.00. The first kappa shape index (κ1) is 19.3. The summed E-state index contributed by atoms with van der Waals surface area (Å²) >= 11 is 0. The molecule has 0 saturated heterocycles. The van der Waals surface area contributed by atoms with Crippen molar-refractivity contribution in [2.24, 2.45) is 0 Å². The van der Waals surface area contributed by atoms with Gasteiger partial charge in [-0.2, -0.15) is 0 Å². The molecule has 0 fully saturated rings. The fourth-order valence-electron chi connectivity index (χ4n) is 3.51. The second-order valence-corrected chi connectivity index (χ2v) is 7.16. The van der Waals surface area contributed by atoms with Gasteiger partial charge in [-0.15, -0.1) is 0 Å². The highest BCUT2D eigenvalue weighted by molar-refractivity contribution is 6.07. The summed E-state index contributed by atoms with van der Waals surface area (Å²) in [6.07, 6.45) is 0. The quantitative estimate of drug-likeness (QED) is 0.355. The van der Waals surface area contributed by atoms with Crippen LogP contribution in [-0.4, -0.2) is 15.8 Å². The maximum atomic E-state index is 12.7. The van der Waals surface area contributed by atoms with Gasteiger partial charge >= 0.3 is 0 Å². The fourth-order valence-corrected chi connectivity index (χ4v) is 3.51. The summed E-state index contributed by atoms with van der Waals surface area (Å²) in [7, 11) is 0. The molecule has 0 aliphatic heterocycles. The van der Waals surface area contributed by atoms with Crippen molar-refractivity contribution in [2.75, 3.05) is 5.32 Å². The van der Waals surface area contributed by atoms with Gasteiger partial charge < -0.3 is 9.73 Å². The molecule has 0 unspecified atom stereocenters. The van der Waals surface area contributed by atoms with Gasteiger partial charge in [-0.1, -0.05) is 24.3 Å². The molecule has 1 aromatic heterocycles. The third kappa shape index (κ3) is 3.41. The number of aryl methyl sites for hydroxylation is 2. The molecule has 4 aromatic rings. The highest BCUT2D eigenvalue weighted by atomic mass is 16.6. The minimum absolute atomic E-state index is 0.000246. The number of aromatic nitrogens is 1. The lowest BCUT2D eigenvalue weighted by molar-refractivity contribution is -0.385. The summed E-state index contributed by atoms with van der Waals surface area (Å²) in [6, 6.07) is 15.2. The lowest BCUT2D eigenvalue weighted by Gasteiger charge is -2.11. The van der Waals surface area contributed by atoms with E-state index in [-0.39, 0.29) is 11.3 Å². The van der Waals surface area contributed by atoms with Crippen molar-refractivity contribution < 1.29 is 14.1 Å². The molecule has 30 heavy (non-hydrogen) atoms. The zero-order valence-corrected chi connectivity index (χ0v) is 16.7. The SMILES string of the molecule is Cc1cc(C)c2oc(-c3cccc(NC(=O)c4ccccc4[N+](=O)[O-])c3C)nc2c1. The van der Waals surface area contributed by atoms with Crippen LogP contribution in [0.4, 0.5) is 11.4 Å². The molecule has 0 bridgehead atoms. The van der Waals surface area contributed by atoms with E-state index in [0.29, 0.717) is 11.6 Å². The first-order chi connectivity index (χ1) is 14.3. The number of amides is 1. The number of fused-ring (bicyclic) bond motifs is 1. The molecule has 0 aliphatic rings. The Bertz CT molecular complexity index is 1310. The number of rotatable bonds is 4. The van der Waals surface area contributed by atoms with E-state index in [0.717, 1.165) is 33.4 Å². The summed E-state index contributed by atoms with van der Waals surface area (Å²) in [5.74, 6) is -0.0930. The molecule has 1 N–H and O–H groups in total. The molecular weight excluding hydrogens is 382 g/mol. The summed E-state index contributed by atoms with van der Waals surface area (Å²) in [5, 5.41) is 14.0. The summed E-state index contributed by atoms with van der Waals surface area (Å²) in [6.45, 7) is 5.82. The second kappa shape index (κ2) is 7.44. The minimum Gasteiger partial charge on any atom is -0.436 e. The lowest BCUT2D eigenvalue weighted by atomic mass is 10.1. The monoisotopic (exact) mass is 401 g/mol. The van der Waals surface area contributed by atoms with Crippen molar-refractivity contribution in [2.45, 2.75) is 20.8 Å². The maximum absolute atomic E-state index is 12.7. The Morgan fingerprint density at radius 3 is 2.60 bits per heavy atom. The summed E-state index contributed by atoms with van der Waals surface area (Å²) in [5.41, 5.74) is 5.39. The molecule has 4 rings (SSSR count). The van der Waals surface area contributed by atoms with E-state index in [1.54, 1.807) is 18.2 Å². The number of hydrogen-bond donors (Lipinski definition) is 1. The molecular formula is C23H19N3O4. The van der Waals surface area contributed by atoms with Crippen LogP contribution >= 0.6 is 0 Å². The molecule has 0 spiro atoms. The number of benzene rings is 3. The smallest absolute Gasteiger partial charge is 0.282 e. The Balaban J connectivity index is 1.72. The van der Waals surface area contributed by atoms with E-state index in [1.165, 1.54) is 18.2 Å². The van der Waals surface area contributed by atoms with Gasteiger partial charge in [-0.05, 0) is 61.7 Å². The molecule has 3 aromatic carbocycles. The average molecular weight is 401 g/mol. The predicted molar refractivity (Wildman–Crippen MR) is 115 cm³/mol. The number of nitro benzene ring substituents is 1. The van der Waals surface area contributed by atoms with Crippen LogP contribution in [-0.2, 0) is 0 Å². The maximum Gasteiger partial charge on any atom is 0.282 e. The fraction of sp³-hybridized carbons (Fsp3) is 0.130. The van der Waals surface area contributed by atoms with E-state index in [9.17, 15) is 14.9 Å². The standard InChI is InChI=1S/C23H19N3O4/c1-13-11-14(2)21-19(12-13)25-23(30-21)16-8-6-9-18(15(16)3)24-22(27)17-7-4-5-10-20(17)26(28)29/h4-12H,1-3H3,(H,24,27). The number of nitrogens with zero attached hydrogens (tertiary/aromatic N) is 2. The number of hydrogen-bond acceptors (Lipinski definition) is 5. The molecule has 0 radical (unpaired) electrons. The van der Waals surface area contributed by atoms with Crippen molar-refractivity contribution in [1.29, 1.82) is 0 Å². The predicted octanol–water partition coefficient (Wildman–Crippen LogP) is 5.58. The van der Waals surface area contributed by atoms with Gasteiger partial charge in [0.1, 0.15) is 11.1 Å². The molecule has 7 heteroatoms. The van der Waals surface area contributed by atoms with Gasteiger partial charge in [-0.25, -0.2) is 4.98 Å². The van der Waals surface area contributed by atoms with Gasteiger partial charge in [0.25, 0.3) is 11.6 Å². The third-order valence-electron chi connectivity index (χ3n) is 4.98. The van der Waals surface area contributed by atoms with Gasteiger partial charge in [0.2, 0.25) is 5.89 Å². The Morgan fingerprint density at radius 1 is 1.07 bits per heavy atom. The van der Waals surface area contributed by atoms with E-state index >= 15 is 0 Å². The van der Waals surface area contributed by atoms with Gasteiger partial charge in [0.15, 0.2) is 5.58 Å². The third-order valence-corrected chi connectivity index (χ3v) is 4.98. The van der Waals surface area contributed by atoms with E-state index in [4.69, 9.17) is 4.42 Å². The van der Waals surface area contributed by atoms with Crippen LogP contribution in [0.2, 0.25) is 0 Å². The van der Waals surface area contributed by atoms with E-state index in [1.807, 2.05) is 39.0 Å². The molecule has 0 atom stereocenters. The molecule has 7 nitrogen and oxygen atoms in total. The Hall–Kier alpha value is -4.00. The number of para-hydroxylation sites is 1. The second-order valence-electron chi connectivity index (χ2n) is 7.16. The zero-order chi connectivity index (χ0) is 21.4. The van der Waals surface area contributed by atoms with Gasteiger partial charge in [0.05, 0.1) is 4.92 Å². The number of nitro groups is 1. The molecule has 150 valence electrons. The number of carbonyl (C=O) groups excluding carboxylic acids is 1. The van der Waals surface area contributed by atoms with Crippen molar-refractivity contribution in [3.63, 3.8) is 0 Å². The van der Waals surface area contributed by atoms with Crippen molar-refractivity contribution in [3.8, 4) is 11.5 Å². The van der Waals surface area contributed by atoms with Gasteiger partial charge in [-0.3, -0.25) is 14.9 Å². The van der Waals surface area contributed by atoms with Crippen LogP contribution < -0.4 is 5.32 Å². The average Bonchev–Trinajstić information content (AvgIpc) is 3.13. The van der Waals surface area contributed by atoms with Crippen molar-refractivity contribution in [1.82, 2.24) is 4.98 Å². The Labute approximate surface area is 172 Å². The van der Waals surface area contributed by atoms with E-state index < -0.39 is 10.8 Å². The van der Waals surface area contributed by atoms with Crippen LogP contribution in [0.3, 0.4) is 0 Å². The lowest BCUT2D eigenvalue weighted by Crippen LogP contribution is -2.14. The number of anilines is 1. The molecule has 1 heterocycles. The largest absolute Gasteiger partial charge is 0.436 e. The highest BCUT2D eigenvalue weighted by Crippen LogP contribution is 2.32. The summed E-state index contributed by atoms with van der Waals surface area (Å²) in [4.78, 5) is 28.0. The Morgan fingerprint density at radius 2 is 1.83 bits per heavy atom. The van der Waals surface area contributed by atoms with Crippen LogP contribution in [0.1, 0.15) is 27.0 Å². The van der Waals surface area contributed by atoms with Crippen LogP contribution in [0.25, 0.3) is 22.6 Å². The topological polar surface area (TPSA) is 98.3 Å². The number of carbonyl (C=O) groups is 1. The van der Waals surface area contributed by atoms with Crippen LogP contribution in [0.15, 0.2) is 59.0 Å². The Kier molecular flexibility index (Phi) is 4.79. The minimum atomic E-state index is -0.569. The molecule has 0 saturated carbocycles. The van der Waals surface area contributed by atoms with Crippen molar-refractivity contribution >= 4 is 28.4 Å². The zero-order valence-electron chi connectivity index (χ0n) is 16.7. The van der Waals surface area contributed by atoms with Gasteiger partial charge in [0, 0.05) is 17.3 Å². The van der Waals surface area contributed by atoms with Crippen molar-refractivity contribution in [3.05, 3.63) is 87.0 Å². The van der Waals surface area contributed by atoms with Crippen LogP contribution in [0, 0.1) is 30.9 Å². The first-order valence-electron chi connectivity index (χ1n) is 9.37. The molecule has 0 aliphatic carbocycles. The first-order valence-corrected chi connectivity index (χ1v) is 9.37. The normalized spacial score (nSPS) is 10.9. The number of nitrogens with one attached hydrogen (secondary N) is 1. The van der Waals surface area contributed by atoms with Crippen LogP contribution in [0.5, 0.6) is 0 Å². The highest BCUT2D eigenvalue weighted by Gasteiger charge is 2.21. The molecule has 1 amide bonds. The van der Waals surface area contributed by atoms with E-state index in [2.05, 4.69) is 10.3 Å². The number of oxazole rings is 1.